The number of aromatic nitrogens is 2. The van der Waals surface area contributed by atoms with E-state index in [1.54, 1.807) is 12.3 Å². The zero-order valence-corrected chi connectivity index (χ0v) is 11.2. The molecule has 2 aromatic rings. The molecular weight excluding hydrogens is 268 g/mol. The molecule has 6 heteroatoms. The maximum absolute atomic E-state index is 12.1. The first kappa shape index (κ1) is 13.1. The highest BCUT2D eigenvalue weighted by atomic mass is 16.2. The molecule has 1 aromatic heterocycles. The smallest absolute Gasteiger partial charge is 0.268 e. The minimum absolute atomic E-state index is 0.216. The van der Waals surface area contributed by atoms with Crippen molar-refractivity contribution in [2.24, 2.45) is 0 Å². The van der Waals surface area contributed by atoms with E-state index in [-0.39, 0.29) is 17.5 Å². The Bertz CT molecular complexity index is 677. The van der Waals surface area contributed by atoms with E-state index in [1.165, 1.54) is 6.33 Å². The number of nitrogens with one attached hydrogen (secondary N) is 3. The van der Waals surface area contributed by atoms with Crippen LogP contribution in [0.15, 0.2) is 48.6 Å². The van der Waals surface area contributed by atoms with Gasteiger partial charge in [-0.05, 0) is 11.6 Å². The number of hydrogen-bond acceptors (Lipinski definition) is 3. The molecule has 1 aliphatic rings. The molecule has 1 aliphatic heterocycles. The molecule has 0 radical (unpaired) electrons. The molecule has 106 valence electrons. The van der Waals surface area contributed by atoms with Gasteiger partial charge in [0.05, 0.1) is 18.2 Å². The second kappa shape index (κ2) is 5.62. The molecule has 21 heavy (non-hydrogen) atoms. The Balaban J connectivity index is 1.73. The number of H-pyrrole nitrogens is 1. The lowest BCUT2D eigenvalue weighted by Crippen LogP contribution is -2.55. The number of carbonyl (C=O) groups is 2. The molecule has 2 heterocycles. The minimum Gasteiger partial charge on any atom is -0.345 e. The first-order chi connectivity index (χ1) is 10.2. The van der Waals surface area contributed by atoms with Gasteiger partial charge >= 0.3 is 0 Å². The molecule has 1 atom stereocenters. The van der Waals surface area contributed by atoms with Crippen molar-refractivity contribution in [2.45, 2.75) is 12.5 Å². The highest BCUT2D eigenvalue weighted by molar-refractivity contribution is 6.07. The van der Waals surface area contributed by atoms with Crippen LogP contribution in [-0.4, -0.2) is 27.8 Å². The van der Waals surface area contributed by atoms with Crippen LogP contribution in [0.3, 0.4) is 0 Å². The van der Waals surface area contributed by atoms with Gasteiger partial charge in [-0.1, -0.05) is 30.3 Å². The van der Waals surface area contributed by atoms with Crippen LogP contribution in [0, 0.1) is 0 Å². The van der Waals surface area contributed by atoms with Gasteiger partial charge in [0, 0.05) is 6.42 Å². The third-order valence-electron chi connectivity index (χ3n) is 3.23. The fourth-order valence-electron chi connectivity index (χ4n) is 2.17. The molecule has 0 bridgehead atoms. The van der Waals surface area contributed by atoms with Crippen LogP contribution in [0.5, 0.6) is 0 Å². The van der Waals surface area contributed by atoms with Gasteiger partial charge in [-0.25, -0.2) is 4.98 Å². The van der Waals surface area contributed by atoms with E-state index in [4.69, 9.17) is 0 Å². The molecule has 1 saturated heterocycles. The molecule has 6 nitrogen and oxygen atoms in total. The lowest BCUT2D eigenvalue weighted by molar-refractivity contribution is -0.131. The van der Waals surface area contributed by atoms with Crippen molar-refractivity contribution >= 4 is 17.9 Å². The minimum atomic E-state index is -0.557. The Hall–Kier alpha value is -2.89. The van der Waals surface area contributed by atoms with E-state index in [1.807, 2.05) is 30.3 Å². The summed E-state index contributed by atoms with van der Waals surface area (Å²) in [5.74, 6) is -0.519. The number of amides is 2. The van der Waals surface area contributed by atoms with Crippen LogP contribution in [0.1, 0.15) is 11.3 Å². The quantitative estimate of drug-likeness (QED) is 0.721. The maximum Gasteiger partial charge on any atom is 0.268 e. The monoisotopic (exact) mass is 282 g/mol. The van der Waals surface area contributed by atoms with E-state index in [2.05, 4.69) is 20.6 Å². The average molecular weight is 282 g/mol. The lowest BCUT2D eigenvalue weighted by atomic mass is 10.0. The summed E-state index contributed by atoms with van der Waals surface area (Å²) in [6, 6.07) is 9.01. The van der Waals surface area contributed by atoms with E-state index < -0.39 is 6.04 Å². The predicted octanol–water partition coefficient (Wildman–Crippen LogP) is 0.608. The van der Waals surface area contributed by atoms with Crippen LogP contribution in [0.25, 0.3) is 6.08 Å². The van der Waals surface area contributed by atoms with E-state index >= 15 is 0 Å². The van der Waals surface area contributed by atoms with Crippen LogP contribution < -0.4 is 10.6 Å². The van der Waals surface area contributed by atoms with Gasteiger partial charge in [0.1, 0.15) is 11.7 Å². The van der Waals surface area contributed by atoms with Crippen LogP contribution >= 0.6 is 0 Å². The number of nitrogens with zero attached hydrogens (tertiary/aromatic N) is 1. The van der Waals surface area contributed by atoms with E-state index in [0.717, 1.165) is 5.56 Å². The number of benzene rings is 1. The van der Waals surface area contributed by atoms with Crippen LogP contribution in [0.2, 0.25) is 0 Å². The van der Waals surface area contributed by atoms with Crippen molar-refractivity contribution < 1.29 is 9.59 Å². The van der Waals surface area contributed by atoms with Crippen molar-refractivity contribution in [3.63, 3.8) is 0 Å². The summed E-state index contributed by atoms with van der Waals surface area (Å²) < 4.78 is 0. The first-order valence-corrected chi connectivity index (χ1v) is 6.58. The summed E-state index contributed by atoms with van der Waals surface area (Å²) in [5, 5.41) is 5.36. The lowest BCUT2D eigenvalue weighted by Gasteiger charge is -2.25. The van der Waals surface area contributed by atoms with Crippen molar-refractivity contribution in [1.29, 1.82) is 0 Å². The van der Waals surface area contributed by atoms with Gasteiger partial charge in [-0.15, -0.1) is 0 Å². The van der Waals surface area contributed by atoms with Crippen molar-refractivity contribution in [2.75, 3.05) is 0 Å². The van der Waals surface area contributed by atoms with E-state index in [9.17, 15) is 9.59 Å². The predicted molar refractivity (Wildman–Crippen MR) is 76.8 cm³/mol. The molecule has 1 aromatic carbocycles. The summed E-state index contributed by atoms with van der Waals surface area (Å²) in [4.78, 5) is 30.8. The first-order valence-electron chi connectivity index (χ1n) is 6.58. The standard InChI is InChI=1S/C15H14N4O2/c20-14-12(6-10-4-2-1-3-5-10)18-15(21)13(19-14)7-11-8-16-9-17-11/h1-5,7-9,12H,6H2,(H,16,17)(H,18,21)(H,19,20). The number of imidazole rings is 1. The third-order valence-corrected chi connectivity index (χ3v) is 3.23. The van der Waals surface area contributed by atoms with Gasteiger partial charge in [0.2, 0.25) is 5.91 Å². The SMILES string of the molecule is O=C1NC(Cc2ccccc2)C(=O)NC1=Cc1cnc[nH]1. The molecule has 3 rings (SSSR count). The van der Waals surface area contributed by atoms with Gasteiger partial charge in [0.15, 0.2) is 0 Å². The number of piperazine rings is 1. The summed E-state index contributed by atoms with van der Waals surface area (Å²) in [6.45, 7) is 0. The van der Waals surface area contributed by atoms with Crippen molar-refractivity contribution in [3.8, 4) is 0 Å². The molecule has 1 unspecified atom stereocenters. The van der Waals surface area contributed by atoms with Crippen LogP contribution in [-0.2, 0) is 16.0 Å². The molecule has 1 fully saturated rings. The zero-order chi connectivity index (χ0) is 14.7. The Morgan fingerprint density at radius 1 is 1.19 bits per heavy atom. The van der Waals surface area contributed by atoms with Crippen molar-refractivity contribution in [1.82, 2.24) is 20.6 Å². The van der Waals surface area contributed by atoms with Gasteiger partial charge in [0.25, 0.3) is 5.91 Å². The fourth-order valence-corrected chi connectivity index (χ4v) is 2.17. The Labute approximate surface area is 121 Å². The highest BCUT2D eigenvalue weighted by Gasteiger charge is 2.29. The Kier molecular flexibility index (Phi) is 3.51. The number of rotatable bonds is 3. The number of hydrogen-bond donors (Lipinski definition) is 3. The highest BCUT2D eigenvalue weighted by Crippen LogP contribution is 2.10. The Morgan fingerprint density at radius 3 is 2.71 bits per heavy atom. The average Bonchev–Trinajstić information content (AvgIpc) is 2.98. The third kappa shape index (κ3) is 3.00. The molecular formula is C15H14N4O2. The van der Waals surface area contributed by atoms with Gasteiger partial charge < -0.3 is 15.6 Å². The Morgan fingerprint density at radius 2 is 2.00 bits per heavy atom. The molecule has 3 N–H and O–H groups in total. The molecule has 0 saturated carbocycles. The van der Waals surface area contributed by atoms with Crippen LogP contribution in [0.4, 0.5) is 0 Å². The maximum atomic E-state index is 12.1. The zero-order valence-electron chi connectivity index (χ0n) is 11.2. The van der Waals surface area contributed by atoms with Crippen molar-refractivity contribution in [3.05, 3.63) is 59.8 Å². The second-order valence-electron chi connectivity index (χ2n) is 4.77. The molecule has 0 spiro atoms. The summed E-state index contributed by atoms with van der Waals surface area (Å²) in [5.41, 5.74) is 1.87. The summed E-state index contributed by atoms with van der Waals surface area (Å²) in [7, 11) is 0. The van der Waals surface area contributed by atoms with E-state index in [0.29, 0.717) is 12.1 Å². The number of carbonyl (C=O) groups excluding carboxylic acids is 2. The summed E-state index contributed by atoms with van der Waals surface area (Å²) >= 11 is 0. The second-order valence-corrected chi connectivity index (χ2v) is 4.77. The topological polar surface area (TPSA) is 86.9 Å². The normalized spacial score (nSPS) is 20.2. The largest absolute Gasteiger partial charge is 0.345 e. The fraction of sp³-hybridized carbons (Fsp3) is 0.133. The molecule has 0 aliphatic carbocycles. The molecule has 2 amide bonds. The number of aromatic amines is 1. The van der Waals surface area contributed by atoms with Gasteiger partial charge in [-0.3, -0.25) is 9.59 Å². The van der Waals surface area contributed by atoms with Gasteiger partial charge in [-0.2, -0.15) is 0 Å². The summed E-state index contributed by atoms with van der Waals surface area (Å²) in [6.07, 6.45) is 5.10.